The predicted octanol–water partition coefficient (Wildman–Crippen LogP) is 0.396. The Bertz CT molecular complexity index is 122. The largest absolute Gasteiger partial charge is 0.301 e. The van der Waals surface area contributed by atoms with Crippen LogP contribution in [0.5, 0.6) is 0 Å². The number of nitrogens with zero attached hydrogens (tertiary/aromatic N) is 2. The molecule has 0 saturated carbocycles. The summed E-state index contributed by atoms with van der Waals surface area (Å²) >= 11 is 0. The van der Waals surface area contributed by atoms with Crippen molar-refractivity contribution in [3.8, 4) is 0 Å². The molecule has 0 spiro atoms. The van der Waals surface area contributed by atoms with Crippen LogP contribution in [-0.2, 0) is 0 Å². The van der Waals surface area contributed by atoms with Gasteiger partial charge in [0.05, 0.1) is 0 Å². The summed E-state index contributed by atoms with van der Waals surface area (Å²) in [5.41, 5.74) is 0. The van der Waals surface area contributed by atoms with Gasteiger partial charge in [-0.05, 0) is 13.0 Å². The average Bonchev–Trinajstić information content (AvgIpc) is 1.92. The van der Waals surface area contributed by atoms with Crippen LogP contribution in [-0.4, -0.2) is 48.6 Å². The van der Waals surface area contributed by atoms with Crippen molar-refractivity contribution in [1.82, 2.24) is 9.80 Å². The molecule has 2 rings (SSSR count). The van der Waals surface area contributed by atoms with E-state index >= 15 is 0 Å². The van der Waals surface area contributed by atoms with Gasteiger partial charge in [0.25, 0.3) is 0 Å². The van der Waals surface area contributed by atoms with Crippen LogP contribution in [0, 0.1) is 0 Å². The van der Waals surface area contributed by atoms with Crippen LogP contribution in [0.15, 0.2) is 0 Å². The van der Waals surface area contributed by atoms with Crippen LogP contribution in [0.25, 0.3) is 0 Å². The summed E-state index contributed by atoms with van der Waals surface area (Å²) in [6.07, 6.45) is 1.44. The van der Waals surface area contributed by atoms with Crippen molar-refractivity contribution < 1.29 is 0 Å². The Morgan fingerprint density at radius 1 is 1.30 bits per heavy atom. The SMILES string of the molecule is CCN1CCN2CCC2C1. The summed E-state index contributed by atoms with van der Waals surface area (Å²) in [4.78, 5) is 5.16. The van der Waals surface area contributed by atoms with Gasteiger partial charge in [-0.2, -0.15) is 0 Å². The molecule has 58 valence electrons. The Labute approximate surface area is 62.8 Å². The van der Waals surface area contributed by atoms with Crippen LogP contribution >= 0.6 is 0 Å². The summed E-state index contributed by atoms with van der Waals surface area (Å²) in [6, 6.07) is 0.925. The molecule has 0 aromatic rings. The molecule has 2 aliphatic heterocycles. The monoisotopic (exact) mass is 140 g/mol. The summed E-state index contributed by atoms with van der Waals surface area (Å²) in [6.45, 7) is 8.81. The molecule has 2 heterocycles. The molecule has 0 aromatic heterocycles. The summed E-state index contributed by atoms with van der Waals surface area (Å²) in [5, 5.41) is 0. The van der Waals surface area contributed by atoms with E-state index in [1.54, 1.807) is 0 Å². The molecule has 0 N–H and O–H groups in total. The maximum absolute atomic E-state index is 2.60. The van der Waals surface area contributed by atoms with Crippen LogP contribution in [0.2, 0.25) is 0 Å². The molecule has 1 atom stereocenters. The summed E-state index contributed by atoms with van der Waals surface area (Å²) in [7, 11) is 0. The Kier molecular flexibility index (Phi) is 1.66. The number of hydrogen-bond donors (Lipinski definition) is 0. The quantitative estimate of drug-likeness (QED) is 0.520. The van der Waals surface area contributed by atoms with E-state index < -0.39 is 0 Å². The fourth-order valence-corrected chi connectivity index (χ4v) is 1.94. The van der Waals surface area contributed by atoms with E-state index in [1.165, 1.54) is 39.1 Å². The fraction of sp³-hybridized carbons (Fsp3) is 1.00. The molecule has 2 nitrogen and oxygen atoms in total. The molecular weight excluding hydrogens is 124 g/mol. The number of likely N-dealkylation sites (N-methyl/N-ethyl adjacent to an activating group) is 1. The number of rotatable bonds is 1. The topological polar surface area (TPSA) is 6.48 Å². The minimum atomic E-state index is 0.925. The Morgan fingerprint density at radius 3 is 2.70 bits per heavy atom. The minimum absolute atomic E-state index is 0.925. The first-order valence-electron chi connectivity index (χ1n) is 4.36. The third kappa shape index (κ3) is 0.956. The molecular formula is C8H16N2. The van der Waals surface area contributed by atoms with E-state index in [-0.39, 0.29) is 0 Å². The average molecular weight is 140 g/mol. The van der Waals surface area contributed by atoms with Crippen molar-refractivity contribution in [3.63, 3.8) is 0 Å². The highest BCUT2D eigenvalue weighted by Gasteiger charge is 2.32. The summed E-state index contributed by atoms with van der Waals surface area (Å²) in [5.74, 6) is 0. The standard InChI is InChI=1S/C8H16N2/c1-2-9-5-6-10-4-3-8(10)7-9/h8H,2-7H2,1H3. The van der Waals surface area contributed by atoms with Gasteiger partial charge in [-0.1, -0.05) is 6.92 Å². The zero-order valence-electron chi connectivity index (χ0n) is 6.71. The molecule has 2 saturated heterocycles. The molecule has 2 heteroatoms. The van der Waals surface area contributed by atoms with Crippen LogP contribution in [0.4, 0.5) is 0 Å². The second kappa shape index (κ2) is 2.51. The van der Waals surface area contributed by atoms with Gasteiger partial charge < -0.3 is 4.90 Å². The van der Waals surface area contributed by atoms with Crippen molar-refractivity contribution >= 4 is 0 Å². The fourth-order valence-electron chi connectivity index (χ4n) is 1.94. The highest BCUT2D eigenvalue weighted by atomic mass is 15.3. The van der Waals surface area contributed by atoms with E-state index in [4.69, 9.17) is 0 Å². The van der Waals surface area contributed by atoms with E-state index in [1.807, 2.05) is 0 Å². The summed E-state index contributed by atoms with van der Waals surface area (Å²) < 4.78 is 0. The predicted molar refractivity (Wildman–Crippen MR) is 42.1 cm³/mol. The first kappa shape index (κ1) is 6.62. The molecule has 0 aromatic carbocycles. The van der Waals surface area contributed by atoms with Crippen molar-refractivity contribution in [2.45, 2.75) is 19.4 Å². The first-order chi connectivity index (χ1) is 4.90. The van der Waals surface area contributed by atoms with E-state index in [9.17, 15) is 0 Å². The van der Waals surface area contributed by atoms with Gasteiger partial charge in [0.2, 0.25) is 0 Å². The van der Waals surface area contributed by atoms with Gasteiger partial charge >= 0.3 is 0 Å². The lowest BCUT2D eigenvalue weighted by atomic mass is 10.00. The minimum Gasteiger partial charge on any atom is -0.301 e. The smallest absolute Gasteiger partial charge is 0.0235 e. The molecule has 1 unspecified atom stereocenters. The second-order valence-corrected chi connectivity index (χ2v) is 3.37. The van der Waals surface area contributed by atoms with Crippen molar-refractivity contribution in [3.05, 3.63) is 0 Å². The second-order valence-electron chi connectivity index (χ2n) is 3.37. The van der Waals surface area contributed by atoms with E-state index in [0.717, 1.165) is 6.04 Å². The highest BCUT2D eigenvalue weighted by Crippen LogP contribution is 2.21. The normalized spacial score (nSPS) is 35.1. The third-order valence-electron chi connectivity index (χ3n) is 2.89. The van der Waals surface area contributed by atoms with Crippen LogP contribution in [0.3, 0.4) is 0 Å². The maximum Gasteiger partial charge on any atom is 0.0235 e. The van der Waals surface area contributed by atoms with E-state index in [0.29, 0.717) is 0 Å². The Hall–Kier alpha value is -0.0800. The van der Waals surface area contributed by atoms with Gasteiger partial charge in [-0.15, -0.1) is 0 Å². The molecule has 2 aliphatic rings. The van der Waals surface area contributed by atoms with Gasteiger partial charge in [0, 0.05) is 32.2 Å². The Morgan fingerprint density at radius 2 is 2.20 bits per heavy atom. The van der Waals surface area contributed by atoms with Gasteiger partial charge in [0.15, 0.2) is 0 Å². The number of hydrogen-bond acceptors (Lipinski definition) is 2. The zero-order valence-corrected chi connectivity index (χ0v) is 6.71. The third-order valence-corrected chi connectivity index (χ3v) is 2.89. The van der Waals surface area contributed by atoms with Crippen molar-refractivity contribution in [2.24, 2.45) is 0 Å². The zero-order chi connectivity index (χ0) is 6.97. The Balaban J connectivity index is 1.86. The lowest BCUT2D eigenvalue weighted by Crippen LogP contribution is -2.60. The number of piperazine rings is 1. The van der Waals surface area contributed by atoms with E-state index in [2.05, 4.69) is 16.7 Å². The molecule has 0 bridgehead atoms. The van der Waals surface area contributed by atoms with Crippen LogP contribution < -0.4 is 0 Å². The lowest BCUT2D eigenvalue weighted by molar-refractivity contribution is 0.00866. The molecule has 10 heavy (non-hydrogen) atoms. The van der Waals surface area contributed by atoms with Crippen molar-refractivity contribution in [1.29, 1.82) is 0 Å². The molecule has 0 radical (unpaired) electrons. The van der Waals surface area contributed by atoms with Gasteiger partial charge in [-0.25, -0.2) is 0 Å². The van der Waals surface area contributed by atoms with Crippen molar-refractivity contribution in [2.75, 3.05) is 32.7 Å². The molecule has 2 fully saturated rings. The van der Waals surface area contributed by atoms with Gasteiger partial charge in [0.1, 0.15) is 0 Å². The first-order valence-corrected chi connectivity index (χ1v) is 4.36. The maximum atomic E-state index is 2.60. The molecule has 0 aliphatic carbocycles. The molecule has 0 amide bonds. The van der Waals surface area contributed by atoms with Gasteiger partial charge in [-0.3, -0.25) is 4.90 Å². The number of fused-ring (bicyclic) bond motifs is 1. The van der Waals surface area contributed by atoms with Crippen LogP contribution in [0.1, 0.15) is 13.3 Å². The highest BCUT2D eigenvalue weighted by molar-refractivity contribution is 4.89. The lowest BCUT2D eigenvalue weighted by Gasteiger charge is -2.48.